The lowest BCUT2D eigenvalue weighted by Gasteiger charge is -2.01. The van der Waals surface area contributed by atoms with Crippen LogP contribution in [0.5, 0.6) is 0 Å². The number of allylic oxidation sites excluding steroid dienone is 1. The predicted molar refractivity (Wildman–Crippen MR) is 60.2 cm³/mol. The highest BCUT2D eigenvalue weighted by molar-refractivity contribution is 5.87. The summed E-state index contributed by atoms with van der Waals surface area (Å²) in [6.45, 7) is 7.04. The minimum atomic E-state index is -0.0185. The van der Waals surface area contributed by atoms with Gasteiger partial charge in [-0.25, -0.2) is 0 Å². The fourth-order valence-corrected chi connectivity index (χ4v) is 1.26. The third-order valence-corrected chi connectivity index (χ3v) is 2.00. The molecule has 3 heteroatoms. The van der Waals surface area contributed by atoms with Gasteiger partial charge >= 0.3 is 0 Å². The van der Waals surface area contributed by atoms with Crippen molar-refractivity contribution in [3.8, 4) is 0 Å². The Morgan fingerprint density at radius 1 is 1.43 bits per heavy atom. The summed E-state index contributed by atoms with van der Waals surface area (Å²) in [5.74, 6) is -0.0185. The number of carbonyl (C=O) groups excluding carboxylic acids is 1. The van der Waals surface area contributed by atoms with E-state index in [1.165, 1.54) is 32.0 Å². The molecular formula is C11H22N2O. The Morgan fingerprint density at radius 2 is 2.00 bits per heavy atom. The standard InChI is InChI=1S/C6H11NO.C5H11N/c1-3-5-6(8)7-4-2;1-6-4-2-3-5-6/h3,5H,4H2,1-2H3,(H,7,8);2-5H2,1H3/b5-3-;. The molecule has 1 aliphatic rings. The number of nitrogens with zero attached hydrogens (tertiary/aromatic N) is 1. The van der Waals surface area contributed by atoms with Crippen LogP contribution in [-0.4, -0.2) is 37.5 Å². The van der Waals surface area contributed by atoms with Gasteiger partial charge in [0.25, 0.3) is 0 Å². The van der Waals surface area contributed by atoms with E-state index in [2.05, 4.69) is 17.3 Å². The molecule has 0 aromatic rings. The lowest BCUT2D eigenvalue weighted by atomic mass is 10.4. The highest BCUT2D eigenvalue weighted by Crippen LogP contribution is 2.02. The van der Waals surface area contributed by atoms with Crippen LogP contribution in [0.3, 0.4) is 0 Å². The number of amides is 1. The summed E-state index contributed by atoms with van der Waals surface area (Å²) >= 11 is 0. The van der Waals surface area contributed by atoms with Crippen LogP contribution in [0.2, 0.25) is 0 Å². The smallest absolute Gasteiger partial charge is 0.243 e. The summed E-state index contributed by atoms with van der Waals surface area (Å²) in [4.78, 5) is 12.8. The highest BCUT2D eigenvalue weighted by atomic mass is 16.1. The Morgan fingerprint density at radius 3 is 2.29 bits per heavy atom. The van der Waals surface area contributed by atoms with Gasteiger partial charge in [-0.3, -0.25) is 4.79 Å². The second-order valence-corrected chi connectivity index (χ2v) is 3.40. The maximum Gasteiger partial charge on any atom is 0.243 e. The maximum absolute atomic E-state index is 10.4. The first-order chi connectivity index (χ1) is 6.70. The average molecular weight is 198 g/mol. The van der Waals surface area contributed by atoms with Gasteiger partial charge in [0.2, 0.25) is 5.91 Å². The molecule has 1 aliphatic heterocycles. The number of hydrogen-bond acceptors (Lipinski definition) is 2. The molecule has 0 aromatic heterocycles. The van der Waals surface area contributed by atoms with Gasteiger partial charge in [0.15, 0.2) is 0 Å². The summed E-state index contributed by atoms with van der Waals surface area (Å²) in [6.07, 6.45) is 6.04. The number of carbonyl (C=O) groups is 1. The normalized spacial score (nSPS) is 16.5. The highest BCUT2D eigenvalue weighted by Gasteiger charge is 2.03. The number of likely N-dealkylation sites (N-methyl/N-ethyl adjacent to an activating group) is 1. The van der Waals surface area contributed by atoms with Crippen LogP contribution < -0.4 is 5.32 Å². The van der Waals surface area contributed by atoms with Gasteiger partial charge in [-0.2, -0.15) is 0 Å². The van der Waals surface area contributed by atoms with E-state index in [9.17, 15) is 4.79 Å². The first-order valence-electron chi connectivity index (χ1n) is 5.29. The number of likely N-dealkylation sites (tertiary alicyclic amines) is 1. The van der Waals surface area contributed by atoms with E-state index >= 15 is 0 Å². The Hall–Kier alpha value is -0.830. The zero-order valence-corrected chi connectivity index (χ0v) is 9.55. The fourth-order valence-electron chi connectivity index (χ4n) is 1.26. The number of rotatable bonds is 2. The summed E-state index contributed by atoms with van der Waals surface area (Å²) < 4.78 is 0. The van der Waals surface area contributed by atoms with Gasteiger partial charge in [-0.1, -0.05) is 6.08 Å². The predicted octanol–water partition coefficient (Wildman–Crippen LogP) is 1.41. The van der Waals surface area contributed by atoms with E-state index in [1.54, 1.807) is 6.08 Å². The van der Waals surface area contributed by atoms with Crippen molar-refractivity contribution >= 4 is 5.91 Å². The van der Waals surface area contributed by atoms with E-state index in [0.717, 1.165) is 0 Å². The van der Waals surface area contributed by atoms with Crippen LogP contribution in [0.25, 0.3) is 0 Å². The van der Waals surface area contributed by atoms with Crippen molar-refractivity contribution in [2.45, 2.75) is 26.7 Å². The van der Waals surface area contributed by atoms with Gasteiger partial charge in [-0.05, 0) is 52.9 Å². The van der Waals surface area contributed by atoms with E-state index in [-0.39, 0.29) is 5.91 Å². The van der Waals surface area contributed by atoms with Gasteiger partial charge in [-0.15, -0.1) is 0 Å². The van der Waals surface area contributed by atoms with Crippen LogP contribution in [-0.2, 0) is 4.79 Å². The third kappa shape index (κ3) is 7.80. The van der Waals surface area contributed by atoms with Gasteiger partial charge < -0.3 is 10.2 Å². The molecule has 0 aromatic carbocycles. The first kappa shape index (κ1) is 13.2. The Balaban J connectivity index is 0.000000249. The molecule has 0 radical (unpaired) electrons. The molecule has 1 rings (SSSR count). The third-order valence-electron chi connectivity index (χ3n) is 2.00. The van der Waals surface area contributed by atoms with E-state index in [0.29, 0.717) is 6.54 Å². The van der Waals surface area contributed by atoms with Crippen LogP contribution in [0.15, 0.2) is 12.2 Å². The minimum Gasteiger partial charge on any atom is -0.353 e. The van der Waals surface area contributed by atoms with Crippen molar-refractivity contribution in [1.82, 2.24) is 10.2 Å². The molecule has 3 nitrogen and oxygen atoms in total. The molecule has 0 aliphatic carbocycles. The van der Waals surface area contributed by atoms with Gasteiger partial charge in [0.1, 0.15) is 0 Å². The molecule has 1 fully saturated rings. The quantitative estimate of drug-likeness (QED) is 0.680. The van der Waals surface area contributed by atoms with Crippen LogP contribution in [0, 0.1) is 0 Å². The molecule has 14 heavy (non-hydrogen) atoms. The Kier molecular flexibility index (Phi) is 8.24. The number of nitrogens with one attached hydrogen (secondary N) is 1. The summed E-state index contributed by atoms with van der Waals surface area (Å²) in [7, 11) is 2.17. The molecule has 1 heterocycles. The lowest BCUT2D eigenvalue weighted by molar-refractivity contribution is -0.116. The largest absolute Gasteiger partial charge is 0.353 e. The zero-order valence-electron chi connectivity index (χ0n) is 9.55. The molecule has 1 N–H and O–H groups in total. The topological polar surface area (TPSA) is 32.3 Å². The van der Waals surface area contributed by atoms with E-state index in [1.807, 2.05) is 13.8 Å². The van der Waals surface area contributed by atoms with E-state index in [4.69, 9.17) is 0 Å². The SMILES string of the molecule is C/C=C\C(=O)NCC.CN1CCCC1. The lowest BCUT2D eigenvalue weighted by Crippen LogP contribution is -2.19. The molecule has 0 unspecified atom stereocenters. The Labute approximate surface area is 87.2 Å². The Bertz CT molecular complexity index is 172. The first-order valence-corrected chi connectivity index (χ1v) is 5.29. The summed E-state index contributed by atoms with van der Waals surface area (Å²) in [5.41, 5.74) is 0. The fraction of sp³-hybridized carbons (Fsp3) is 0.727. The van der Waals surface area contributed by atoms with Gasteiger partial charge in [0, 0.05) is 6.54 Å². The molecule has 1 saturated heterocycles. The monoisotopic (exact) mass is 198 g/mol. The molecule has 1 amide bonds. The zero-order chi connectivity index (χ0) is 10.8. The summed E-state index contributed by atoms with van der Waals surface area (Å²) in [6, 6.07) is 0. The minimum absolute atomic E-state index is 0.0185. The van der Waals surface area contributed by atoms with Crippen LogP contribution in [0.1, 0.15) is 26.7 Å². The summed E-state index contributed by atoms with van der Waals surface area (Å²) in [5, 5.41) is 2.62. The average Bonchev–Trinajstić information content (AvgIpc) is 2.58. The molecule has 0 bridgehead atoms. The van der Waals surface area contributed by atoms with Crippen molar-refractivity contribution in [2.24, 2.45) is 0 Å². The van der Waals surface area contributed by atoms with Crippen molar-refractivity contribution < 1.29 is 4.79 Å². The molecule has 0 saturated carbocycles. The second-order valence-electron chi connectivity index (χ2n) is 3.40. The van der Waals surface area contributed by atoms with Crippen molar-refractivity contribution in [1.29, 1.82) is 0 Å². The molecular weight excluding hydrogens is 176 g/mol. The number of hydrogen-bond donors (Lipinski definition) is 1. The van der Waals surface area contributed by atoms with Crippen molar-refractivity contribution in [3.63, 3.8) is 0 Å². The van der Waals surface area contributed by atoms with Crippen molar-refractivity contribution in [2.75, 3.05) is 26.7 Å². The van der Waals surface area contributed by atoms with Crippen LogP contribution in [0.4, 0.5) is 0 Å². The molecule has 82 valence electrons. The second kappa shape index (κ2) is 8.75. The van der Waals surface area contributed by atoms with Crippen molar-refractivity contribution in [3.05, 3.63) is 12.2 Å². The molecule has 0 atom stereocenters. The van der Waals surface area contributed by atoms with Gasteiger partial charge in [0.05, 0.1) is 0 Å². The maximum atomic E-state index is 10.4. The molecule has 0 spiro atoms. The van der Waals surface area contributed by atoms with Crippen LogP contribution >= 0.6 is 0 Å². The van der Waals surface area contributed by atoms with E-state index < -0.39 is 0 Å².